The maximum absolute atomic E-state index is 9.98. The van der Waals surface area contributed by atoms with Crippen molar-refractivity contribution in [2.75, 3.05) is 0 Å². The Balaban J connectivity index is 0. The molecule has 0 unspecified atom stereocenters. The number of carbonyl (C=O) groups is 1. The van der Waals surface area contributed by atoms with Crippen molar-refractivity contribution >= 4 is 12.3 Å². The SMILES string of the molecule is Cc1c[c-]cnc1.[CH2-]CC(=O)N[C-]=O.[W]. The zero-order valence-electron chi connectivity index (χ0n) is 8.32. The molecular weight excluding hydrogens is 364 g/mol. The number of imide groups is 1. The van der Waals surface area contributed by atoms with E-state index in [4.69, 9.17) is 0 Å². The average Bonchev–Trinajstić information content (AvgIpc) is 2.20. The van der Waals surface area contributed by atoms with E-state index in [1.54, 1.807) is 17.7 Å². The number of aryl methyl sites for hydroxylation is 1. The first-order valence-corrected chi connectivity index (χ1v) is 3.93. The molecule has 1 heterocycles. The van der Waals surface area contributed by atoms with E-state index in [9.17, 15) is 9.59 Å². The van der Waals surface area contributed by atoms with E-state index < -0.39 is 5.91 Å². The van der Waals surface area contributed by atoms with Gasteiger partial charge in [0.1, 0.15) is 0 Å². The molecule has 0 atom stereocenters. The number of aromatic nitrogens is 1. The van der Waals surface area contributed by atoms with Crippen LogP contribution in [-0.2, 0) is 30.7 Å². The number of amides is 2. The van der Waals surface area contributed by atoms with Gasteiger partial charge >= 0.3 is 0 Å². The molecule has 0 aliphatic rings. The van der Waals surface area contributed by atoms with Gasteiger partial charge in [0.05, 0.1) is 6.41 Å². The third-order valence-electron chi connectivity index (χ3n) is 1.16. The molecule has 1 N–H and O–H groups in total. The summed E-state index contributed by atoms with van der Waals surface area (Å²) in [5, 5.41) is 1.79. The standard InChI is InChI=1S/C6H6N.C4H5NO2.W/c1-6-3-2-4-7-5-6;1-2-4(7)5-3-6;/h3-5H,1H3;1-2H2,(H,5,6,7);/q-1;-2;. The smallest absolute Gasteiger partial charge is 0.0713 e. The van der Waals surface area contributed by atoms with Crippen LogP contribution in [0.25, 0.3) is 0 Å². The van der Waals surface area contributed by atoms with Crippen LogP contribution in [0.3, 0.4) is 0 Å². The number of rotatable bonds is 2. The molecule has 0 saturated carbocycles. The van der Waals surface area contributed by atoms with Gasteiger partial charge in [0.15, 0.2) is 0 Å². The van der Waals surface area contributed by atoms with E-state index >= 15 is 0 Å². The minimum atomic E-state index is -0.407. The molecule has 2 amide bonds. The van der Waals surface area contributed by atoms with E-state index in [1.807, 2.05) is 13.0 Å². The second-order valence-electron chi connectivity index (χ2n) is 2.36. The van der Waals surface area contributed by atoms with Crippen molar-refractivity contribution in [3.05, 3.63) is 37.0 Å². The van der Waals surface area contributed by atoms with Crippen LogP contribution < -0.4 is 5.32 Å². The molecule has 15 heavy (non-hydrogen) atoms. The third-order valence-corrected chi connectivity index (χ3v) is 1.16. The first-order chi connectivity index (χ1) is 6.70. The van der Waals surface area contributed by atoms with Crippen LogP contribution in [0.1, 0.15) is 12.0 Å². The number of carbonyl (C=O) groups excluding carboxylic acids is 2. The molecule has 1 aromatic heterocycles. The number of nitrogens with one attached hydrogen (secondary N) is 1. The molecule has 0 aromatic carbocycles. The number of hydrogen-bond acceptors (Lipinski definition) is 3. The molecule has 1 aromatic rings. The van der Waals surface area contributed by atoms with Crippen LogP contribution in [0.15, 0.2) is 18.5 Å². The molecule has 0 aliphatic heterocycles. The van der Waals surface area contributed by atoms with E-state index in [0.717, 1.165) is 5.56 Å². The van der Waals surface area contributed by atoms with Crippen molar-refractivity contribution < 1.29 is 30.7 Å². The van der Waals surface area contributed by atoms with Gasteiger partial charge in [-0.05, 0) is 0 Å². The Bertz CT molecular complexity index is 278. The van der Waals surface area contributed by atoms with E-state index in [1.165, 1.54) is 6.41 Å². The Morgan fingerprint density at radius 1 is 1.73 bits per heavy atom. The van der Waals surface area contributed by atoms with Crippen LogP contribution in [0, 0.1) is 19.9 Å². The molecule has 82 valence electrons. The van der Waals surface area contributed by atoms with Gasteiger partial charge in [0.25, 0.3) is 0 Å². The fraction of sp³-hybridized carbons (Fsp3) is 0.200. The minimum Gasteiger partial charge on any atom is -0.464 e. The maximum Gasteiger partial charge on any atom is 0.0713 e. The fourth-order valence-electron chi connectivity index (χ4n) is 0.523. The second-order valence-corrected chi connectivity index (χ2v) is 2.36. The minimum absolute atomic E-state index is 0. The van der Waals surface area contributed by atoms with E-state index in [-0.39, 0.29) is 27.5 Å². The molecule has 0 spiro atoms. The Morgan fingerprint density at radius 3 is 2.60 bits per heavy atom. The molecule has 4 nitrogen and oxygen atoms in total. The normalized spacial score (nSPS) is 7.60. The van der Waals surface area contributed by atoms with Gasteiger partial charge in [-0.25, -0.2) is 12.1 Å². The first-order valence-electron chi connectivity index (χ1n) is 3.93. The van der Waals surface area contributed by atoms with Gasteiger partial charge in [-0.1, -0.05) is 12.4 Å². The monoisotopic (exact) mass is 375 g/mol. The van der Waals surface area contributed by atoms with Gasteiger partial charge in [0.2, 0.25) is 0 Å². The molecule has 5 heteroatoms. The maximum atomic E-state index is 9.98. The van der Waals surface area contributed by atoms with Gasteiger partial charge in [0, 0.05) is 27.0 Å². The summed E-state index contributed by atoms with van der Waals surface area (Å²) >= 11 is 0. The summed E-state index contributed by atoms with van der Waals surface area (Å²) in [5.74, 6) is -0.407. The quantitative estimate of drug-likeness (QED) is 0.608. The van der Waals surface area contributed by atoms with Gasteiger partial charge in [-0.3, -0.25) is 0 Å². The number of hydrogen-bond donors (Lipinski definition) is 1. The summed E-state index contributed by atoms with van der Waals surface area (Å²) < 4.78 is 0. The average molecular weight is 375 g/mol. The Hall–Kier alpha value is -1.02. The summed E-state index contributed by atoms with van der Waals surface area (Å²) in [4.78, 5) is 23.1. The summed E-state index contributed by atoms with van der Waals surface area (Å²) in [7, 11) is 0. The van der Waals surface area contributed by atoms with Crippen molar-refractivity contribution in [1.29, 1.82) is 0 Å². The van der Waals surface area contributed by atoms with Gasteiger partial charge in [-0.2, -0.15) is 12.0 Å². The third kappa shape index (κ3) is 10.9. The van der Waals surface area contributed by atoms with Crippen LogP contribution in [0.5, 0.6) is 0 Å². The van der Waals surface area contributed by atoms with E-state index in [0.29, 0.717) is 0 Å². The second kappa shape index (κ2) is 11.1. The fourth-order valence-corrected chi connectivity index (χ4v) is 0.523. The summed E-state index contributed by atoms with van der Waals surface area (Å²) in [5.41, 5.74) is 1.16. The zero-order valence-corrected chi connectivity index (χ0v) is 11.3. The molecule has 1 rings (SSSR count). The molecular formula is C10H11N2O2W-3. The van der Waals surface area contributed by atoms with Crippen molar-refractivity contribution in [3.8, 4) is 0 Å². The zero-order chi connectivity index (χ0) is 10.8. The summed E-state index contributed by atoms with van der Waals surface area (Å²) in [6, 6.07) is 4.75. The first kappa shape index (κ1) is 16.4. The molecule has 0 radical (unpaired) electrons. The van der Waals surface area contributed by atoms with Crippen LogP contribution in [0.2, 0.25) is 0 Å². The summed E-state index contributed by atoms with van der Waals surface area (Å²) in [6.45, 7) is 5.20. The number of nitrogens with zero attached hydrogens (tertiary/aromatic N) is 1. The Kier molecular flexibility index (Phi) is 12.1. The molecule has 0 fully saturated rings. The largest absolute Gasteiger partial charge is 0.464 e. The molecule has 0 aliphatic carbocycles. The van der Waals surface area contributed by atoms with Gasteiger partial charge in [-0.15, -0.1) is 6.92 Å². The van der Waals surface area contributed by atoms with Crippen LogP contribution in [-0.4, -0.2) is 17.3 Å². The van der Waals surface area contributed by atoms with Crippen molar-refractivity contribution in [3.63, 3.8) is 0 Å². The van der Waals surface area contributed by atoms with Crippen molar-refractivity contribution in [2.24, 2.45) is 0 Å². The van der Waals surface area contributed by atoms with E-state index in [2.05, 4.69) is 18.0 Å². The molecule has 0 bridgehead atoms. The van der Waals surface area contributed by atoms with Crippen molar-refractivity contribution in [1.82, 2.24) is 10.3 Å². The van der Waals surface area contributed by atoms with Crippen molar-refractivity contribution in [2.45, 2.75) is 13.3 Å². The van der Waals surface area contributed by atoms with Crippen LogP contribution in [0.4, 0.5) is 0 Å². The predicted molar refractivity (Wildman–Crippen MR) is 51.6 cm³/mol. The Labute approximate surface area is 104 Å². The van der Waals surface area contributed by atoms with Gasteiger partial charge < -0.3 is 26.8 Å². The Morgan fingerprint density at radius 2 is 2.40 bits per heavy atom. The predicted octanol–water partition coefficient (Wildman–Crippen LogP) is 0.582. The topological polar surface area (TPSA) is 59.1 Å². The number of pyridine rings is 1. The molecule has 0 saturated heterocycles. The van der Waals surface area contributed by atoms with Crippen LogP contribution >= 0.6 is 0 Å². The summed E-state index contributed by atoms with van der Waals surface area (Å²) in [6.07, 6.45) is 4.76.